The third kappa shape index (κ3) is 2.55. The van der Waals surface area contributed by atoms with Crippen LogP contribution >= 0.6 is 11.6 Å². The Balaban J connectivity index is 2.13. The molecule has 0 bridgehead atoms. The molecule has 1 N–H and O–H groups in total. The summed E-state index contributed by atoms with van der Waals surface area (Å²) in [5.74, 6) is 1.67. The highest BCUT2D eigenvalue weighted by atomic mass is 35.5. The first-order valence-electron chi connectivity index (χ1n) is 5.22. The van der Waals surface area contributed by atoms with Crippen LogP contribution in [0.25, 0.3) is 0 Å². The molecule has 0 saturated carbocycles. The molecule has 2 aromatic rings. The second-order valence-corrected chi connectivity index (χ2v) is 3.85. The van der Waals surface area contributed by atoms with Crippen LogP contribution in [0.2, 0.25) is 5.15 Å². The van der Waals surface area contributed by atoms with Crippen LogP contribution in [0.5, 0.6) is 0 Å². The lowest BCUT2D eigenvalue weighted by Gasteiger charge is -2.15. The fraction of sp³-hybridized carbons (Fsp3) is 0.250. The van der Waals surface area contributed by atoms with Gasteiger partial charge in [0.05, 0.1) is 12.3 Å². The van der Waals surface area contributed by atoms with Crippen LogP contribution in [-0.4, -0.2) is 4.98 Å². The summed E-state index contributed by atoms with van der Waals surface area (Å²) >= 11 is 5.82. The molecule has 2 aromatic heterocycles. The van der Waals surface area contributed by atoms with Gasteiger partial charge < -0.3 is 9.73 Å². The predicted molar refractivity (Wildman–Crippen MR) is 64.6 cm³/mol. The number of nitrogens with one attached hydrogen (secondary N) is 1. The van der Waals surface area contributed by atoms with Gasteiger partial charge in [0.2, 0.25) is 0 Å². The maximum atomic E-state index is 5.82. The zero-order valence-electron chi connectivity index (χ0n) is 8.98. The molecule has 0 aromatic carbocycles. The molecule has 3 nitrogen and oxygen atoms in total. The van der Waals surface area contributed by atoms with Crippen LogP contribution in [0, 0.1) is 0 Å². The van der Waals surface area contributed by atoms with Crippen molar-refractivity contribution in [2.75, 3.05) is 5.32 Å². The molecule has 0 saturated heterocycles. The zero-order valence-corrected chi connectivity index (χ0v) is 9.74. The Hall–Kier alpha value is -1.48. The van der Waals surface area contributed by atoms with E-state index >= 15 is 0 Å². The van der Waals surface area contributed by atoms with Crippen molar-refractivity contribution >= 4 is 17.4 Å². The Morgan fingerprint density at radius 3 is 2.88 bits per heavy atom. The van der Waals surface area contributed by atoms with Crippen molar-refractivity contribution in [2.45, 2.75) is 19.4 Å². The Labute approximate surface area is 99.5 Å². The lowest BCUT2D eigenvalue weighted by atomic mass is 10.2. The van der Waals surface area contributed by atoms with Crippen LogP contribution in [0.4, 0.5) is 5.82 Å². The summed E-state index contributed by atoms with van der Waals surface area (Å²) in [7, 11) is 0. The van der Waals surface area contributed by atoms with Crippen molar-refractivity contribution in [1.82, 2.24) is 4.98 Å². The van der Waals surface area contributed by atoms with E-state index in [2.05, 4.69) is 17.2 Å². The second-order valence-electron chi connectivity index (χ2n) is 3.47. The molecular weight excluding hydrogens is 224 g/mol. The molecular formula is C12H13ClN2O. The number of anilines is 1. The quantitative estimate of drug-likeness (QED) is 0.819. The van der Waals surface area contributed by atoms with Gasteiger partial charge in [-0.25, -0.2) is 4.98 Å². The third-order valence-electron chi connectivity index (χ3n) is 2.33. The van der Waals surface area contributed by atoms with E-state index in [9.17, 15) is 0 Å². The SMILES string of the molecule is CCC(Nc1cccc(Cl)n1)c1ccco1. The molecule has 0 radical (unpaired) electrons. The molecule has 16 heavy (non-hydrogen) atoms. The van der Waals surface area contributed by atoms with Gasteiger partial charge in [0, 0.05) is 0 Å². The van der Waals surface area contributed by atoms with E-state index in [0.29, 0.717) is 5.15 Å². The monoisotopic (exact) mass is 236 g/mol. The van der Waals surface area contributed by atoms with E-state index in [1.54, 1.807) is 12.3 Å². The summed E-state index contributed by atoms with van der Waals surface area (Å²) in [6, 6.07) is 9.46. The van der Waals surface area contributed by atoms with Crippen LogP contribution < -0.4 is 5.32 Å². The van der Waals surface area contributed by atoms with Gasteiger partial charge in [-0.05, 0) is 30.7 Å². The fourth-order valence-electron chi connectivity index (χ4n) is 1.53. The standard InChI is InChI=1S/C12H13ClN2O/c1-2-9(10-5-4-8-16-10)14-12-7-3-6-11(13)15-12/h3-9H,2H2,1H3,(H,14,15). The van der Waals surface area contributed by atoms with E-state index in [-0.39, 0.29) is 6.04 Å². The fourth-order valence-corrected chi connectivity index (χ4v) is 1.69. The van der Waals surface area contributed by atoms with Crippen LogP contribution in [0.1, 0.15) is 25.1 Å². The Kier molecular flexibility index (Phi) is 3.47. The first kappa shape index (κ1) is 11.0. The lowest BCUT2D eigenvalue weighted by Crippen LogP contribution is -2.09. The van der Waals surface area contributed by atoms with Crippen molar-refractivity contribution in [2.24, 2.45) is 0 Å². The highest BCUT2D eigenvalue weighted by Gasteiger charge is 2.12. The molecule has 2 rings (SSSR count). The molecule has 1 unspecified atom stereocenters. The molecule has 0 aliphatic carbocycles. The lowest BCUT2D eigenvalue weighted by molar-refractivity contribution is 0.473. The highest BCUT2D eigenvalue weighted by molar-refractivity contribution is 6.29. The van der Waals surface area contributed by atoms with Crippen molar-refractivity contribution in [1.29, 1.82) is 0 Å². The number of hydrogen-bond donors (Lipinski definition) is 1. The molecule has 0 fully saturated rings. The van der Waals surface area contributed by atoms with Gasteiger partial charge in [-0.1, -0.05) is 24.6 Å². The van der Waals surface area contributed by atoms with Crippen molar-refractivity contribution < 1.29 is 4.42 Å². The third-order valence-corrected chi connectivity index (χ3v) is 2.54. The Bertz CT molecular complexity index is 442. The summed E-state index contributed by atoms with van der Waals surface area (Å²) in [6.07, 6.45) is 2.59. The summed E-state index contributed by atoms with van der Waals surface area (Å²) in [4.78, 5) is 4.18. The van der Waals surface area contributed by atoms with E-state index < -0.39 is 0 Å². The van der Waals surface area contributed by atoms with Crippen LogP contribution in [0.15, 0.2) is 41.0 Å². The summed E-state index contributed by atoms with van der Waals surface area (Å²) < 4.78 is 5.37. The smallest absolute Gasteiger partial charge is 0.131 e. The largest absolute Gasteiger partial charge is 0.467 e. The minimum Gasteiger partial charge on any atom is -0.467 e. The number of hydrogen-bond acceptors (Lipinski definition) is 3. The molecule has 0 aliphatic rings. The molecule has 0 amide bonds. The summed E-state index contributed by atoms with van der Waals surface area (Å²) in [5, 5.41) is 3.77. The molecule has 2 heterocycles. The first-order chi connectivity index (χ1) is 7.79. The van der Waals surface area contributed by atoms with Crippen molar-refractivity contribution in [3.63, 3.8) is 0 Å². The van der Waals surface area contributed by atoms with E-state index in [4.69, 9.17) is 16.0 Å². The predicted octanol–water partition coefficient (Wildman–Crippen LogP) is 3.89. The molecule has 1 atom stereocenters. The van der Waals surface area contributed by atoms with Crippen molar-refractivity contribution in [3.8, 4) is 0 Å². The van der Waals surface area contributed by atoms with Gasteiger partial charge in [0.1, 0.15) is 16.7 Å². The van der Waals surface area contributed by atoms with Crippen LogP contribution in [-0.2, 0) is 0 Å². The molecule has 0 aliphatic heterocycles. The average Bonchev–Trinajstić information content (AvgIpc) is 2.79. The normalized spacial score (nSPS) is 12.4. The number of pyridine rings is 1. The van der Waals surface area contributed by atoms with Gasteiger partial charge >= 0.3 is 0 Å². The van der Waals surface area contributed by atoms with Gasteiger partial charge in [0.25, 0.3) is 0 Å². The average molecular weight is 237 g/mol. The number of nitrogens with zero attached hydrogens (tertiary/aromatic N) is 1. The first-order valence-corrected chi connectivity index (χ1v) is 5.60. The number of halogens is 1. The molecule has 4 heteroatoms. The van der Waals surface area contributed by atoms with Gasteiger partial charge in [-0.2, -0.15) is 0 Å². The van der Waals surface area contributed by atoms with Gasteiger partial charge in [-0.15, -0.1) is 0 Å². The van der Waals surface area contributed by atoms with E-state index in [1.807, 2.05) is 24.3 Å². The minimum atomic E-state index is 0.126. The summed E-state index contributed by atoms with van der Waals surface area (Å²) in [5.41, 5.74) is 0. The Morgan fingerprint density at radius 2 is 2.25 bits per heavy atom. The minimum absolute atomic E-state index is 0.126. The number of rotatable bonds is 4. The topological polar surface area (TPSA) is 38.1 Å². The van der Waals surface area contributed by atoms with E-state index in [0.717, 1.165) is 18.0 Å². The molecule has 0 spiro atoms. The Morgan fingerprint density at radius 1 is 1.38 bits per heavy atom. The molecule has 84 valence electrons. The van der Waals surface area contributed by atoms with Gasteiger partial charge in [0.15, 0.2) is 0 Å². The maximum absolute atomic E-state index is 5.82. The number of aromatic nitrogens is 1. The second kappa shape index (κ2) is 5.03. The maximum Gasteiger partial charge on any atom is 0.131 e. The zero-order chi connectivity index (χ0) is 11.4. The van der Waals surface area contributed by atoms with Crippen LogP contribution in [0.3, 0.4) is 0 Å². The van der Waals surface area contributed by atoms with E-state index in [1.165, 1.54) is 0 Å². The summed E-state index contributed by atoms with van der Waals surface area (Å²) in [6.45, 7) is 2.09. The highest BCUT2D eigenvalue weighted by Crippen LogP contribution is 2.22. The van der Waals surface area contributed by atoms with Gasteiger partial charge in [-0.3, -0.25) is 0 Å². The van der Waals surface area contributed by atoms with Crippen molar-refractivity contribution in [3.05, 3.63) is 47.5 Å². The number of furan rings is 1.